The number of anilines is 1. The molecule has 0 saturated carbocycles. The molecule has 0 bridgehead atoms. The van der Waals surface area contributed by atoms with E-state index < -0.39 is 4.92 Å². The smallest absolute Gasteiger partial charge is 0.287 e. The van der Waals surface area contributed by atoms with E-state index in [1.165, 1.54) is 12.1 Å². The maximum atomic E-state index is 10.7. The lowest BCUT2D eigenvalue weighted by Crippen LogP contribution is -2.35. The number of benzene rings is 1. The molecule has 0 aliphatic carbocycles. The molecule has 1 aromatic rings. The van der Waals surface area contributed by atoms with Crippen molar-refractivity contribution in [3.8, 4) is 6.07 Å². The standard InChI is InChI=1S/C12H15N3O3/c1-12(2,8-18-3)14-10-4-5-11(15(16)17)9(6-10)7-13/h4-6,14H,8H2,1-3H3. The number of ether oxygens (including phenoxy) is 1. The zero-order valence-corrected chi connectivity index (χ0v) is 10.6. The van der Waals surface area contributed by atoms with Gasteiger partial charge in [0.15, 0.2) is 0 Å². The van der Waals surface area contributed by atoms with Crippen LogP contribution in [0.5, 0.6) is 0 Å². The summed E-state index contributed by atoms with van der Waals surface area (Å²) in [5, 5.41) is 22.7. The predicted molar refractivity (Wildman–Crippen MR) is 67.4 cm³/mol. The molecule has 6 nitrogen and oxygen atoms in total. The molecule has 1 rings (SSSR count). The van der Waals surface area contributed by atoms with Crippen molar-refractivity contribution in [2.24, 2.45) is 0 Å². The fourth-order valence-corrected chi connectivity index (χ4v) is 1.65. The Hall–Kier alpha value is -2.13. The molecule has 0 heterocycles. The highest BCUT2D eigenvalue weighted by atomic mass is 16.6. The van der Waals surface area contributed by atoms with E-state index in [2.05, 4.69) is 5.32 Å². The molecule has 0 aliphatic rings. The Bertz CT molecular complexity index is 492. The first-order chi connectivity index (χ1) is 8.39. The normalized spacial score (nSPS) is 10.8. The molecule has 96 valence electrons. The van der Waals surface area contributed by atoms with Crippen LogP contribution in [0.25, 0.3) is 0 Å². The van der Waals surface area contributed by atoms with Crippen molar-refractivity contribution in [3.05, 3.63) is 33.9 Å². The molecular weight excluding hydrogens is 234 g/mol. The van der Waals surface area contributed by atoms with Crippen molar-refractivity contribution in [2.45, 2.75) is 19.4 Å². The van der Waals surface area contributed by atoms with Gasteiger partial charge >= 0.3 is 0 Å². The van der Waals surface area contributed by atoms with Crippen LogP contribution in [0.15, 0.2) is 18.2 Å². The molecule has 6 heteroatoms. The van der Waals surface area contributed by atoms with Gasteiger partial charge in [-0.2, -0.15) is 5.26 Å². The minimum absolute atomic E-state index is 0.0400. The van der Waals surface area contributed by atoms with E-state index in [0.717, 1.165) is 0 Å². The Morgan fingerprint density at radius 3 is 2.72 bits per heavy atom. The van der Waals surface area contributed by atoms with Crippen molar-refractivity contribution in [2.75, 3.05) is 19.0 Å². The van der Waals surface area contributed by atoms with Crippen LogP contribution in [-0.4, -0.2) is 24.2 Å². The van der Waals surface area contributed by atoms with Crippen LogP contribution in [-0.2, 0) is 4.74 Å². The van der Waals surface area contributed by atoms with Gasteiger partial charge in [-0.25, -0.2) is 0 Å². The van der Waals surface area contributed by atoms with Crippen LogP contribution in [0.2, 0.25) is 0 Å². The Balaban J connectivity index is 3.00. The fraction of sp³-hybridized carbons (Fsp3) is 0.417. The van der Waals surface area contributed by atoms with Gasteiger partial charge in [0, 0.05) is 18.9 Å². The lowest BCUT2D eigenvalue weighted by atomic mass is 10.1. The fourth-order valence-electron chi connectivity index (χ4n) is 1.65. The maximum Gasteiger partial charge on any atom is 0.287 e. The van der Waals surface area contributed by atoms with Crippen molar-refractivity contribution in [3.63, 3.8) is 0 Å². The highest BCUT2D eigenvalue weighted by Crippen LogP contribution is 2.24. The second kappa shape index (κ2) is 5.47. The Kier molecular flexibility index (Phi) is 4.23. The summed E-state index contributed by atoms with van der Waals surface area (Å²) in [5.41, 5.74) is 0.183. The predicted octanol–water partition coefficient (Wildman–Crippen LogP) is 2.30. The minimum atomic E-state index is -0.567. The Labute approximate surface area is 105 Å². The second-order valence-corrected chi connectivity index (χ2v) is 4.54. The van der Waals surface area contributed by atoms with Crippen LogP contribution >= 0.6 is 0 Å². The summed E-state index contributed by atoms with van der Waals surface area (Å²) in [7, 11) is 1.60. The van der Waals surface area contributed by atoms with Gasteiger partial charge in [-0.1, -0.05) is 0 Å². The van der Waals surface area contributed by atoms with Gasteiger partial charge in [-0.15, -0.1) is 0 Å². The van der Waals surface area contributed by atoms with Gasteiger partial charge in [-0.05, 0) is 26.0 Å². The molecule has 0 aromatic heterocycles. The van der Waals surface area contributed by atoms with E-state index in [1.807, 2.05) is 19.9 Å². The number of hydrogen-bond donors (Lipinski definition) is 1. The molecular formula is C12H15N3O3. The summed E-state index contributed by atoms with van der Waals surface area (Å²) in [6, 6.07) is 6.19. The van der Waals surface area contributed by atoms with E-state index in [0.29, 0.717) is 12.3 Å². The van der Waals surface area contributed by atoms with Gasteiger partial charge < -0.3 is 10.1 Å². The number of hydrogen-bond acceptors (Lipinski definition) is 5. The first-order valence-corrected chi connectivity index (χ1v) is 5.35. The van der Waals surface area contributed by atoms with Crippen molar-refractivity contribution in [1.29, 1.82) is 5.26 Å². The second-order valence-electron chi connectivity index (χ2n) is 4.54. The van der Waals surface area contributed by atoms with Crippen molar-refractivity contribution < 1.29 is 9.66 Å². The molecule has 1 aromatic carbocycles. The molecule has 1 N–H and O–H groups in total. The number of nitrogens with one attached hydrogen (secondary N) is 1. The molecule has 0 unspecified atom stereocenters. The summed E-state index contributed by atoms with van der Waals surface area (Å²) in [6.07, 6.45) is 0. The summed E-state index contributed by atoms with van der Waals surface area (Å²) >= 11 is 0. The molecule has 0 saturated heterocycles. The molecule has 0 aliphatic heterocycles. The minimum Gasteiger partial charge on any atom is -0.382 e. The number of nitro benzene ring substituents is 1. The number of rotatable bonds is 5. The third-order valence-corrected chi connectivity index (χ3v) is 2.30. The maximum absolute atomic E-state index is 10.7. The first kappa shape index (κ1) is 13.9. The molecule has 0 spiro atoms. The van der Waals surface area contributed by atoms with E-state index >= 15 is 0 Å². The van der Waals surface area contributed by atoms with Crippen molar-refractivity contribution >= 4 is 11.4 Å². The SMILES string of the molecule is COCC(C)(C)Nc1ccc([N+](=O)[O-])c(C#N)c1. The number of methoxy groups -OCH3 is 1. The molecule has 0 fully saturated rings. The average Bonchev–Trinajstić information content (AvgIpc) is 2.27. The summed E-state index contributed by atoms with van der Waals surface area (Å²) in [6.45, 7) is 4.35. The molecule has 18 heavy (non-hydrogen) atoms. The van der Waals surface area contributed by atoms with Crippen LogP contribution in [0.3, 0.4) is 0 Å². The lowest BCUT2D eigenvalue weighted by molar-refractivity contribution is -0.385. The topological polar surface area (TPSA) is 88.2 Å². The van der Waals surface area contributed by atoms with Crippen molar-refractivity contribution in [1.82, 2.24) is 0 Å². The van der Waals surface area contributed by atoms with E-state index in [-0.39, 0.29) is 16.8 Å². The molecule has 0 amide bonds. The zero-order valence-electron chi connectivity index (χ0n) is 10.6. The van der Waals surface area contributed by atoms with Gasteiger partial charge in [0.1, 0.15) is 11.6 Å². The van der Waals surface area contributed by atoms with Gasteiger partial charge in [0.2, 0.25) is 0 Å². The number of nitriles is 1. The molecule has 0 radical (unpaired) electrons. The zero-order chi connectivity index (χ0) is 13.8. The summed E-state index contributed by atoms with van der Waals surface area (Å²) < 4.78 is 5.06. The van der Waals surface area contributed by atoms with Crippen LogP contribution < -0.4 is 5.32 Å². The summed E-state index contributed by atoms with van der Waals surface area (Å²) in [4.78, 5) is 10.1. The van der Waals surface area contributed by atoms with Gasteiger partial charge in [0.25, 0.3) is 5.69 Å². The number of nitro groups is 1. The van der Waals surface area contributed by atoms with Crippen LogP contribution in [0, 0.1) is 21.4 Å². The largest absolute Gasteiger partial charge is 0.382 e. The quantitative estimate of drug-likeness (QED) is 0.639. The Morgan fingerprint density at radius 1 is 1.56 bits per heavy atom. The van der Waals surface area contributed by atoms with Crippen LogP contribution in [0.4, 0.5) is 11.4 Å². The third kappa shape index (κ3) is 3.43. The lowest BCUT2D eigenvalue weighted by Gasteiger charge is -2.26. The Morgan fingerprint density at radius 2 is 2.22 bits per heavy atom. The highest BCUT2D eigenvalue weighted by Gasteiger charge is 2.19. The van der Waals surface area contributed by atoms with Gasteiger partial charge in [0.05, 0.1) is 17.1 Å². The summed E-state index contributed by atoms with van der Waals surface area (Å²) in [5.74, 6) is 0. The average molecular weight is 249 g/mol. The van der Waals surface area contributed by atoms with Crippen LogP contribution in [0.1, 0.15) is 19.4 Å². The monoisotopic (exact) mass is 249 g/mol. The van der Waals surface area contributed by atoms with E-state index in [1.54, 1.807) is 13.2 Å². The molecule has 0 atom stereocenters. The number of nitrogens with zero attached hydrogens (tertiary/aromatic N) is 2. The van der Waals surface area contributed by atoms with Gasteiger partial charge in [-0.3, -0.25) is 10.1 Å². The third-order valence-electron chi connectivity index (χ3n) is 2.30. The van der Waals surface area contributed by atoms with E-state index in [4.69, 9.17) is 10.00 Å². The highest BCUT2D eigenvalue weighted by molar-refractivity contribution is 5.59. The first-order valence-electron chi connectivity index (χ1n) is 5.35. The van der Waals surface area contributed by atoms with E-state index in [9.17, 15) is 10.1 Å².